The summed E-state index contributed by atoms with van der Waals surface area (Å²) in [7, 11) is -3.28. The van der Waals surface area contributed by atoms with Gasteiger partial charge in [-0.25, -0.2) is 13.4 Å². The molecule has 0 fully saturated rings. The minimum absolute atomic E-state index is 0. The predicted octanol–water partition coefficient (Wildman–Crippen LogP) is 3.61. The molecular formula is C28H23ClF2N6O5S. The molecule has 0 unspecified atom stereocenters. The van der Waals surface area contributed by atoms with Crippen LogP contribution in [0, 0.1) is 5.41 Å². The molecule has 2 aromatic heterocycles. The number of amidine groups is 1. The van der Waals surface area contributed by atoms with Gasteiger partial charge in [-0.05, 0) is 30.3 Å². The van der Waals surface area contributed by atoms with E-state index in [-0.39, 0.29) is 50.9 Å². The minimum atomic E-state index is -4.54. The van der Waals surface area contributed by atoms with Crippen molar-refractivity contribution in [2.45, 2.75) is 10.8 Å². The van der Waals surface area contributed by atoms with E-state index >= 15 is 8.78 Å². The van der Waals surface area contributed by atoms with Crippen molar-refractivity contribution in [3.05, 3.63) is 106 Å². The average Bonchev–Trinajstić information content (AvgIpc) is 2.97. The third-order valence-corrected chi connectivity index (χ3v) is 8.45. The summed E-state index contributed by atoms with van der Waals surface area (Å²) in [5.74, 6) is -5.67. The second-order valence-electron chi connectivity index (χ2n) is 9.30. The smallest absolute Gasteiger partial charge is 0.324 e. The third-order valence-electron chi connectivity index (χ3n) is 6.65. The number of halogens is 3. The molecule has 43 heavy (non-hydrogen) atoms. The van der Waals surface area contributed by atoms with Gasteiger partial charge in [-0.2, -0.15) is 8.78 Å². The van der Waals surface area contributed by atoms with E-state index in [1.807, 2.05) is 0 Å². The summed E-state index contributed by atoms with van der Waals surface area (Å²) in [4.78, 5) is 32.6. The van der Waals surface area contributed by atoms with Gasteiger partial charge in [0, 0.05) is 29.8 Å². The number of nitrogens with one attached hydrogen (secondary N) is 1. The number of nitrogens with two attached hydrogens (primary N) is 1. The van der Waals surface area contributed by atoms with Crippen molar-refractivity contribution in [1.82, 2.24) is 14.5 Å². The minimum Gasteiger partial charge on any atom is -0.480 e. The lowest BCUT2D eigenvalue weighted by atomic mass is 10.0. The van der Waals surface area contributed by atoms with Crippen LogP contribution in [-0.4, -0.2) is 46.4 Å². The van der Waals surface area contributed by atoms with Gasteiger partial charge in [-0.3, -0.25) is 24.3 Å². The van der Waals surface area contributed by atoms with Crippen LogP contribution >= 0.6 is 12.4 Å². The van der Waals surface area contributed by atoms with Gasteiger partial charge in [-0.15, -0.1) is 12.4 Å². The third kappa shape index (κ3) is 5.49. The molecule has 5 rings (SSSR count). The molecule has 0 aliphatic heterocycles. The summed E-state index contributed by atoms with van der Waals surface area (Å²) in [5.41, 5.74) is 2.68. The molecule has 0 bridgehead atoms. The van der Waals surface area contributed by atoms with Gasteiger partial charge in [0.05, 0.1) is 22.2 Å². The molecule has 0 amide bonds. The zero-order valence-corrected chi connectivity index (χ0v) is 23.9. The number of aromatic nitrogens is 3. The number of alkyl halides is 2. The first-order chi connectivity index (χ1) is 19.8. The molecule has 4 N–H and O–H groups in total. The molecule has 0 atom stereocenters. The second-order valence-corrected chi connectivity index (χ2v) is 11.1. The van der Waals surface area contributed by atoms with Crippen molar-refractivity contribution in [3.63, 3.8) is 0 Å². The maximum absolute atomic E-state index is 15.6. The van der Waals surface area contributed by atoms with Crippen molar-refractivity contribution in [1.29, 1.82) is 5.41 Å². The Morgan fingerprint density at radius 2 is 1.77 bits per heavy atom. The number of para-hydroxylation sites is 1. The number of aryl methyl sites for hydroxylation is 1. The van der Waals surface area contributed by atoms with Crippen LogP contribution in [0.25, 0.3) is 21.9 Å². The zero-order valence-electron chi connectivity index (χ0n) is 22.2. The molecule has 11 nitrogen and oxygen atoms in total. The molecule has 222 valence electrons. The van der Waals surface area contributed by atoms with Gasteiger partial charge in [0.15, 0.2) is 5.69 Å². The highest BCUT2D eigenvalue weighted by Gasteiger charge is 2.39. The summed E-state index contributed by atoms with van der Waals surface area (Å²) in [5, 5.41) is 17.5. The molecule has 15 heteroatoms. The fraction of sp³-hybridized carbons (Fsp3) is 0.107. The molecule has 3 aromatic carbocycles. The van der Waals surface area contributed by atoms with E-state index in [0.29, 0.717) is 9.69 Å². The Bertz CT molecular complexity index is 2070. The number of fused-ring (bicyclic) bond motifs is 2. The molecule has 5 aromatic rings. The Kier molecular flexibility index (Phi) is 8.20. The maximum Gasteiger partial charge on any atom is 0.324 e. The summed E-state index contributed by atoms with van der Waals surface area (Å²) in [6.07, 6.45) is 1.40. The molecule has 0 radical (unpaired) electrons. The number of hydrogen-bond donors (Lipinski definition) is 3. The largest absolute Gasteiger partial charge is 0.480 e. The van der Waals surface area contributed by atoms with Gasteiger partial charge in [0.1, 0.15) is 17.3 Å². The predicted molar refractivity (Wildman–Crippen MR) is 159 cm³/mol. The number of rotatable bonds is 8. The van der Waals surface area contributed by atoms with Crippen LogP contribution in [0.4, 0.5) is 14.5 Å². The van der Waals surface area contributed by atoms with E-state index in [1.54, 1.807) is 18.2 Å². The molecule has 0 spiro atoms. The quantitative estimate of drug-likeness (QED) is 0.173. The van der Waals surface area contributed by atoms with Crippen LogP contribution in [0.1, 0.15) is 16.8 Å². The van der Waals surface area contributed by atoms with Gasteiger partial charge in [0.2, 0.25) is 0 Å². The highest BCUT2D eigenvalue weighted by atomic mass is 35.5. The Balaban J connectivity index is 0.00000423. The number of nitrogens with zero attached hydrogens (tertiary/aromatic N) is 4. The topological polar surface area (TPSA) is 172 Å². The van der Waals surface area contributed by atoms with E-state index in [9.17, 15) is 23.1 Å². The normalized spacial score (nSPS) is 11.7. The highest BCUT2D eigenvalue weighted by Crippen LogP contribution is 2.35. The molecular weight excluding hydrogens is 606 g/mol. The van der Waals surface area contributed by atoms with Crippen molar-refractivity contribution in [2.24, 2.45) is 12.8 Å². The van der Waals surface area contributed by atoms with Gasteiger partial charge < -0.3 is 15.4 Å². The first-order valence-electron chi connectivity index (χ1n) is 12.2. The number of carboxylic acids is 1. The van der Waals surface area contributed by atoms with Crippen LogP contribution in [0.5, 0.6) is 0 Å². The summed E-state index contributed by atoms with van der Waals surface area (Å²) in [6, 6.07) is 15.9. The standard InChI is InChI=1S/C28H22F2N6O5S.ClH/c1-35-21-12-11-19(36(15-23(37)38)42(40,41)22-6-2-4-16-5-3-13-33-24(16)22)14-20(21)34-25(27(35)39)28(29,30)18-9-7-17(8-10-18)26(31)32;/h2-14H,15H2,1H3,(H3,31,32)(H,37,38);1H. The molecule has 0 saturated heterocycles. The Hall–Kier alpha value is -4.95. The van der Waals surface area contributed by atoms with Crippen LogP contribution in [0.15, 0.2) is 88.7 Å². The summed E-state index contributed by atoms with van der Waals surface area (Å²) < 4.78 is 60.5. The van der Waals surface area contributed by atoms with Crippen LogP contribution < -0.4 is 15.6 Å². The number of carbonyl (C=O) groups is 1. The molecule has 0 aliphatic rings. The number of benzene rings is 3. The lowest BCUT2D eigenvalue weighted by Crippen LogP contribution is -2.36. The summed E-state index contributed by atoms with van der Waals surface area (Å²) in [6.45, 7) is -0.992. The summed E-state index contributed by atoms with van der Waals surface area (Å²) >= 11 is 0. The van der Waals surface area contributed by atoms with E-state index in [2.05, 4.69) is 9.97 Å². The Morgan fingerprint density at radius 1 is 1.09 bits per heavy atom. The SMILES string of the molecule is Cl.Cn1c(=O)c(C(F)(F)c2ccc(C(=N)N)cc2)nc2cc(N(CC(=O)O)S(=O)(=O)c3cccc4cccnc34)ccc21. The first kappa shape index (κ1) is 31.0. The molecule has 0 saturated carbocycles. The fourth-order valence-electron chi connectivity index (χ4n) is 4.52. The number of nitrogen functional groups attached to an aromatic ring is 1. The first-order valence-corrected chi connectivity index (χ1v) is 13.7. The van der Waals surface area contributed by atoms with Gasteiger partial charge >= 0.3 is 11.9 Å². The fourth-order valence-corrected chi connectivity index (χ4v) is 6.09. The molecule has 2 heterocycles. The lowest BCUT2D eigenvalue weighted by molar-refractivity contribution is -0.135. The van der Waals surface area contributed by atoms with Crippen LogP contribution in [-0.2, 0) is 27.8 Å². The van der Waals surface area contributed by atoms with Crippen LogP contribution in [0.3, 0.4) is 0 Å². The maximum atomic E-state index is 15.6. The van der Waals surface area contributed by atoms with E-state index in [4.69, 9.17) is 11.1 Å². The van der Waals surface area contributed by atoms with Crippen LogP contribution in [0.2, 0.25) is 0 Å². The molecule has 0 aliphatic carbocycles. The second kappa shape index (κ2) is 11.4. The lowest BCUT2D eigenvalue weighted by Gasteiger charge is -2.24. The average molecular weight is 629 g/mol. The van der Waals surface area contributed by atoms with Crippen molar-refractivity contribution in [2.75, 3.05) is 10.8 Å². The van der Waals surface area contributed by atoms with Gasteiger partial charge in [-0.1, -0.05) is 42.5 Å². The Labute approximate surface area is 249 Å². The number of carboxylic acid groups (broad SMARTS) is 1. The number of sulfonamides is 1. The van der Waals surface area contributed by atoms with Crippen molar-refractivity contribution in [3.8, 4) is 0 Å². The van der Waals surface area contributed by atoms with Crippen molar-refractivity contribution < 1.29 is 27.1 Å². The number of anilines is 1. The zero-order chi connectivity index (χ0) is 30.4. The van der Waals surface area contributed by atoms with E-state index in [1.165, 1.54) is 49.6 Å². The van der Waals surface area contributed by atoms with E-state index < -0.39 is 45.3 Å². The Morgan fingerprint density at radius 3 is 2.42 bits per heavy atom. The monoisotopic (exact) mass is 628 g/mol. The van der Waals surface area contributed by atoms with E-state index in [0.717, 1.165) is 22.8 Å². The number of pyridine rings is 1. The number of aliphatic carboxylic acids is 1. The number of hydrogen-bond acceptors (Lipinski definition) is 7. The van der Waals surface area contributed by atoms with Gasteiger partial charge in [0.25, 0.3) is 15.6 Å². The highest BCUT2D eigenvalue weighted by molar-refractivity contribution is 7.93. The van der Waals surface area contributed by atoms with Crippen molar-refractivity contribution >= 4 is 61.9 Å².